The summed E-state index contributed by atoms with van der Waals surface area (Å²) in [6, 6.07) is 15.7. The molecule has 0 unspecified atom stereocenters. The van der Waals surface area contributed by atoms with Crippen LogP contribution in [0.3, 0.4) is 0 Å². The molecule has 3 aliphatic rings. The molecule has 40 heavy (non-hydrogen) atoms. The number of nitrogens with zero attached hydrogens (tertiary/aromatic N) is 3. The highest BCUT2D eigenvalue weighted by atomic mass is 15.1. The fourth-order valence-electron chi connectivity index (χ4n) is 5.52. The van der Waals surface area contributed by atoms with Crippen LogP contribution in [0.4, 0.5) is 0 Å². The van der Waals surface area contributed by atoms with Crippen molar-refractivity contribution >= 4 is 11.9 Å². The molecular formula is C36H40N4. The number of fused-ring (bicyclic) bond motifs is 3. The van der Waals surface area contributed by atoms with Crippen molar-refractivity contribution in [1.29, 1.82) is 0 Å². The fourth-order valence-corrected chi connectivity index (χ4v) is 5.52. The number of rotatable bonds is 6. The number of hydrogen-bond acceptors (Lipinski definition) is 3. The summed E-state index contributed by atoms with van der Waals surface area (Å²) in [6.45, 7) is 8.46. The predicted molar refractivity (Wildman–Crippen MR) is 170 cm³/mol. The van der Waals surface area contributed by atoms with Crippen molar-refractivity contribution < 1.29 is 0 Å². The molecule has 1 N–H and O–H groups in total. The average molecular weight is 529 g/mol. The monoisotopic (exact) mass is 528 g/mol. The van der Waals surface area contributed by atoms with Gasteiger partial charge in [0.2, 0.25) is 0 Å². The summed E-state index contributed by atoms with van der Waals surface area (Å²) in [5.41, 5.74) is 12.0. The Morgan fingerprint density at radius 3 is 2.58 bits per heavy atom. The summed E-state index contributed by atoms with van der Waals surface area (Å²) < 4.78 is 2.25. The molecular weight excluding hydrogens is 488 g/mol. The maximum atomic E-state index is 4.73. The third-order valence-electron chi connectivity index (χ3n) is 7.58. The van der Waals surface area contributed by atoms with E-state index in [1.165, 1.54) is 50.4 Å². The molecule has 0 spiro atoms. The van der Waals surface area contributed by atoms with E-state index in [0.29, 0.717) is 6.04 Å². The third kappa shape index (κ3) is 6.17. The van der Waals surface area contributed by atoms with Gasteiger partial charge in [-0.1, -0.05) is 66.8 Å². The summed E-state index contributed by atoms with van der Waals surface area (Å²) in [5.74, 6) is 1.05. The van der Waals surface area contributed by atoms with E-state index in [1.807, 2.05) is 24.7 Å². The van der Waals surface area contributed by atoms with Crippen molar-refractivity contribution in [2.75, 3.05) is 0 Å². The van der Waals surface area contributed by atoms with Crippen molar-refractivity contribution in [3.63, 3.8) is 0 Å². The first kappa shape index (κ1) is 27.4. The molecule has 0 aliphatic heterocycles. The van der Waals surface area contributed by atoms with Gasteiger partial charge >= 0.3 is 0 Å². The van der Waals surface area contributed by atoms with Crippen molar-refractivity contribution in [2.24, 2.45) is 4.99 Å². The lowest BCUT2D eigenvalue weighted by molar-refractivity contribution is 0.840. The number of benzene rings is 2. The molecule has 0 bridgehead atoms. The highest BCUT2D eigenvalue weighted by Crippen LogP contribution is 2.41. The van der Waals surface area contributed by atoms with Crippen molar-refractivity contribution in [3.8, 4) is 22.5 Å². The Bertz CT molecular complexity index is 1540. The Balaban J connectivity index is 0.000000186. The molecule has 0 atom stereocenters. The Kier molecular flexibility index (Phi) is 8.75. The second-order valence-electron chi connectivity index (χ2n) is 10.8. The zero-order chi connectivity index (χ0) is 27.9. The van der Waals surface area contributed by atoms with Crippen LogP contribution < -0.4 is 5.32 Å². The quantitative estimate of drug-likeness (QED) is 0.254. The van der Waals surface area contributed by atoms with Crippen LogP contribution in [0.15, 0.2) is 113 Å². The van der Waals surface area contributed by atoms with E-state index in [4.69, 9.17) is 4.98 Å². The van der Waals surface area contributed by atoms with Gasteiger partial charge in [-0.25, -0.2) is 4.98 Å². The topological polar surface area (TPSA) is 42.2 Å². The van der Waals surface area contributed by atoms with Gasteiger partial charge in [0.1, 0.15) is 5.82 Å². The number of imidazole rings is 1. The second kappa shape index (κ2) is 12.8. The maximum Gasteiger partial charge on any atom is 0.144 e. The first-order valence-electron chi connectivity index (χ1n) is 14.5. The van der Waals surface area contributed by atoms with Gasteiger partial charge in [0.05, 0.1) is 0 Å². The molecule has 3 aromatic rings. The van der Waals surface area contributed by atoms with E-state index in [1.54, 1.807) is 0 Å². The lowest BCUT2D eigenvalue weighted by Gasteiger charge is -2.17. The summed E-state index contributed by atoms with van der Waals surface area (Å²) in [6.07, 6.45) is 24.2. The molecule has 204 valence electrons. The molecule has 2 aromatic carbocycles. The van der Waals surface area contributed by atoms with Crippen molar-refractivity contribution in [1.82, 2.24) is 14.9 Å². The highest BCUT2D eigenvalue weighted by Gasteiger charge is 2.23. The minimum absolute atomic E-state index is 0.369. The molecule has 4 nitrogen and oxygen atoms in total. The lowest BCUT2D eigenvalue weighted by atomic mass is 10.00. The van der Waals surface area contributed by atoms with Gasteiger partial charge in [-0.15, -0.1) is 0 Å². The normalized spacial score (nSPS) is 16.1. The zero-order valence-corrected chi connectivity index (χ0v) is 24.2. The molecule has 6 rings (SSSR count). The molecule has 0 saturated heterocycles. The molecule has 1 heterocycles. The standard InChI is InChI=1S/C23H20N2.C13H20N2/c1-16-7-2-5-12-22(16)25-14-13-24-23(25)20-11-6-10-19-18-9-4-3-8-17(18)15-21(19)20;1-11(2)14-9-6-10-15-13-8-5-4-7-12(13)3/h3-4,6-14H,2,5,15H2,1H3;4,6-7,9-11,15H,5,8H2,1-3H3/b;10-6-,14-9?. The van der Waals surface area contributed by atoms with E-state index in [9.17, 15) is 0 Å². The Hall–Kier alpha value is -4.18. The van der Waals surface area contributed by atoms with E-state index in [2.05, 4.69) is 116 Å². The van der Waals surface area contributed by atoms with Gasteiger partial charge in [-0.3, -0.25) is 9.56 Å². The zero-order valence-electron chi connectivity index (χ0n) is 24.2. The Labute approximate surface area is 239 Å². The fraction of sp³-hybridized carbons (Fsp3) is 0.278. The van der Waals surface area contributed by atoms with Gasteiger partial charge in [-0.05, 0) is 99.3 Å². The van der Waals surface area contributed by atoms with Gasteiger partial charge < -0.3 is 5.32 Å². The smallest absolute Gasteiger partial charge is 0.144 e. The predicted octanol–water partition coefficient (Wildman–Crippen LogP) is 8.90. The van der Waals surface area contributed by atoms with Crippen LogP contribution in [0.5, 0.6) is 0 Å². The minimum atomic E-state index is 0.369. The molecule has 0 fully saturated rings. The van der Waals surface area contributed by atoms with E-state index in [0.717, 1.165) is 37.9 Å². The summed E-state index contributed by atoms with van der Waals surface area (Å²) in [4.78, 5) is 8.98. The number of aromatic nitrogens is 2. The van der Waals surface area contributed by atoms with Gasteiger partial charge in [0, 0.05) is 47.8 Å². The number of aliphatic imine (C=N–C) groups is 1. The molecule has 0 radical (unpaired) electrons. The van der Waals surface area contributed by atoms with Crippen LogP contribution in [-0.2, 0) is 6.42 Å². The summed E-state index contributed by atoms with van der Waals surface area (Å²) in [7, 11) is 0. The molecule has 4 heteroatoms. The van der Waals surface area contributed by atoms with E-state index >= 15 is 0 Å². The van der Waals surface area contributed by atoms with Crippen LogP contribution in [0.2, 0.25) is 0 Å². The first-order chi connectivity index (χ1) is 19.5. The molecule has 0 amide bonds. The summed E-state index contributed by atoms with van der Waals surface area (Å²) >= 11 is 0. The van der Waals surface area contributed by atoms with E-state index in [-0.39, 0.29) is 0 Å². The van der Waals surface area contributed by atoms with Crippen LogP contribution in [0.25, 0.3) is 28.2 Å². The maximum absolute atomic E-state index is 4.73. The number of allylic oxidation sites excluding steroid dienone is 9. The Morgan fingerprint density at radius 2 is 1.75 bits per heavy atom. The largest absolute Gasteiger partial charge is 0.365 e. The third-order valence-corrected chi connectivity index (χ3v) is 7.58. The minimum Gasteiger partial charge on any atom is -0.365 e. The molecule has 0 saturated carbocycles. The van der Waals surface area contributed by atoms with Gasteiger partial charge in [0.15, 0.2) is 0 Å². The SMILES string of the molecule is CC1=C(N/C=C\C=NC(C)C)CCC=C1.CC1=CCCC=C1n1ccnc1-c1cccc2c1Cc1ccccc1-2. The number of nitrogens with one attached hydrogen (secondary N) is 1. The molecule has 1 aromatic heterocycles. The lowest BCUT2D eigenvalue weighted by Crippen LogP contribution is -2.08. The van der Waals surface area contributed by atoms with Crippen LogP contribution in [-0.4, -0.2) is 21.8 Å². The van der Waals surface area contributed by atoms with Gasteiger partial charge in [-0.2, -0.15) is 0 Å². The van der Waals surface area contributed by atoms with Crippen molar-refractivity contribution in [2.45, 2.75) is 65.8 Å². The first-order valence-corrected chi connectivity index (χ1v) is 14.5. The average Bonchev–Trinajstić information content (AvgIpc) is 3.59. The van der Waals surface area contributed by atoms with E-state index < -0.39 is 0 Å². The summed E-state index contributed by atoms with van der Waals surface area (Å²) in [5, 5.41) is 3.30. The second-order valence-corrected chi connectivity index (χ2v) is 10.8. The van der Waals surface area contributed by atoms with Crippen LogP contribution >= 0.6 is 0 Å². The van der Waals surface area contributed by atoms with Crippen LogP contribution in [0, 0.1) is 0 Å². The van der Waals surface area contributed by atoms with Crippen LogP contribution in [0.1, 0.15) is 64.5 Å². The number of hydrogen-bond donors (Lipinski definition) is 1. The molecule has 3 aliphatic carbocycles. The van der Waals surface area contributed by atoms with Gasteiger partial charge in [0.25, 0.3) is 0 Å². The highest BCUT2D eigenvalue weighted by molar-refractivity contribution is 5.84. The Morgan fingerprint density at radius 1 is 0.950 bits per heavy atom. The van der Waals surface area contributed by atoms with Crippen molar-refractivity contribution in [3.05, 3.63) is 119 Å².